The lowest BCUT2D eigenvalue weighted by Crippen LogP contribution is -2.16. The maximum absolute atomic E-state index is 12.4. The Morgan fingerprint density at radius 2 is 1.83 bits per heavy atom. The Kier molecular flexibility index (Phi) is 5.25. The molecule has 2 aromatic heterocycles. The highest BCUT2D eigenvalue weighted by molar-refractivity contribution is 5.86. The number of aromatic amines is 1. The Labute approximate surface area is 170 Å². The quantitative estimate of drug-likeness (QED) is 0.485. The van der Waals surface area contributed by atoms with Gasteiger partial charge in [-0.25, -0.2) is 5.10 Å². The van der Waals surface area contributed by atoms with Gasteiger partial charge in [0.05, 0.1) is 24.6 Å². The number of fused-ring (bicyclic) bond motifs is 1. The zero-order valence-electron chi connectivity index (χ0n) is 16.3. The molecule has 2 heterocycles. The van der Waals surface area contributed by atoms with Crippen LogP contribution >= 0.6 is 0 Å². The van der Waals surface area contributed by atoms with E-state index < -0.39 is 12.1 Å². The van der Waals surface area contributed by atoms with E-state index in [1.54, 1.807) is 62.6 Å². The Balaban J connectivity index is 1.46. The summed E-state index contributed by atoms with van der Waals surface area (Å²) in [5, 5.41) is 15.4. The molecule has 9 heteroatoms. The van der Waals surface area contributed by atoms with Gasteiger partial charge in [0.1, 0.15) is 5.75 Å². The van der Waals surface area contributed by atoms with Gasteiger partial charge >= 0.3 is 5.97 Å². The van der Waals surface area contributed by atoms with Crippen molar-refractivity contribution in [2.24, 2.45) is 0 Å². The van der Waals surface area contributed by atoms with E-state index in [9.17, 15) is 9.59 Å². The van der Waals surface area contributed by atoms with Crippen LogP contribution in [0.15, 0.2) is 57.7 Å². The smallest absolute Gasteiger partial charge is 0.312 e. The van der Waals surface area contributed by atoms with Crippen molar-refractivity contribution in [3.8, 4) is 17.2 Å². The third kappa shape index (κ3) is 3.90. The van der Waals surface area contributed by atoms with E-state index >= 15 is 0 Å². The van der Waals surface area contributed by atoms with Crippen LogP contribution in [-0.4, -0.2) is 33.5 Å². The van der Waals surface area contributed by atoms with E-state index in [2.05, 4.69) is 20.4 Å². The Morgan fingerprint density at radius 1 is 1.10 bits per heavy atom. The summed E-state index contributed by atoms with van der Waals surface area (Å²) in [4.78, 5) is 24.3. The molecular weight excluding hydrogens is 388 g/mol. The lowest BCUT2D eigenvalue weighted by Gasteiger charge is -2.10. The largest absolute Gasteiger partial charge is 0.497 e. The zero-order valence-corrected chi connectivity index (χ0v) is 16.3. The molecule has 0 aliphatic carbocycles. The van der Waals surface area contributed by atoms with Crippen LogP contribution in [0, 0.1) is 0 Å². The third-order valence-electron chi connectivity index (χ3n) is 4.52. The van der Waals surface area contributed by atoms with Crippen molar-refractivity contribution in [2.75, 3.05) is 7.11 Å². The second-order valence-corrected chi connectivity index (χ2v) is 6.53. The molecule has 9 nitrogen and oxygen atoms in total. The predicted octanol–water partition coefficient (Wildman–Crippen LogP) is 2.83. The van der Waals surface area contributed by atoms with E-state index in [4.69, 9.17) is 13.9 Å². The van der Waals surface area contributed by atoms with E-state index in [0.29, 0.717) is 28.1 Å². The number of benzene rings is 2. The first-order valence-corrected chi connectivity index (χ1v) is 9.18. The molecule has 4 aromatic rings. The standard InChI is InChI=1S/C21H18N4O5/c1-12(20-24-25-21(30-20)13-7-9-14(28-2)10-8-13)29-18(26)11-17-15-5-3-4-6-16(15)19(27)23-22-17/h3-10,12H,11H2,1-2H3,(H,23,27)/t12-/m0/s1. The Hall–Kier alpha value is -4.01. The first kappa shape index (κ1) is 19.3. The number of H-pyrrole nitrogens is 1. The summed E-state index contributed by atoms with van der Waals surface area (Å²) in [7, 11) is 1.58. The van der Waals surface area contributed by atoms with Crippen molar-refractivity contribution < 1.29 is 18.7 Å². The second-order valence-electron chi connectivity index (χ2n) is 6.53. The van der Waals surface area contributed by atoms with Crippen LogP contribution in [0.5, 0.6) is 5.75 Å². The van der Waals surface area contributed by atoms with Gasteiger partial charge in [-0.3, -0.25) is 9.59 Å². The molecule has 0 unspecified atom stereocenters. The summed E-state index contributed by atoms with van der Waals surface area (Å²) in [6, 6.07) is 14.1. The molecule has 1 N–H and O–H groups in total. The maximum atomic E-state index is 12.4. The van der Waals surface area contributed by atoms with Gasteiger partial charge in [0.2, 0.25) is 5.89 Å². The van der Waals surface area contributed by atoms with Gasteiger partial charge < -0.3 is 13.9 Å². The molecule has 30 heavy (non-hydrogen) atoms. The summed E-state index contributed by atoms with van der Waals surface area (Å²) in [6.45, 7) is 1.64. The fraction of sp³-hybridized carbons (Fsp3) is 0.190. The molecule has 0 bridgehead atoms. The molecule has 2 aromatic carbocycles. The zero-order chi connectivity index (χ0) is 21.1. The fourth-order valence-electron chi connectivity index (χ4n) is 2.98. The van der Waals surface area contributed by atoms with Gasteiger partial charge in [-0.05, 0) is 37.3 Å². The average Bonchev–Trinajstić information content (AvgIpc) is 3.26. The van der Waals surface area contributed by atoms with Gasteiger partial charge in [-0.2, -0.15) is 5.10 Å². The molecule has 0 saturated heterocycles. The van der Waals surface area contributed by atoms with Crippen molar-refractivity contribution in [3.05, 3.63) is 70.5 Å². The van der Waals surface area contributed by atoms with E-state index in [-0.39, 0.29) is 17.9 Å². The summed E-state index contributed by atoms with van der Waals surface area (Å²) in [6.07, 6.45) is -0.854. The van der Waals surface area contributed by atoms with Gasteiger partial charge in [0, 0.05) is 10.9 Å². The lowest BCUT2D eigenvalue weighted by atomic mass is 10.1. The average molecular weight is 406 g/mol. The summed E-state index contributed by atoms with van der Waals surface area (Å²) in [5.74, 6) is 0.665. The Bertz CT molecular complexity index is 1250. The first-order chi connectivity index (χ1) is 14.5. The molecule has 0 saturated carbocycles. The van der Waals surface area contributed by atoms with Gasteiger partial charge in [0.25, 0.3) is 11.4 Å². The predicted molar refractivity (Wildman–Crippen MR) is 107 cm³/mol. The number of hydrogen-bond donors (Lipinski definition) is 1. The van der Waals surface area contributed by atoms with E-state index in [1.165, 1.54) is 0 Å². The number of nitrogens with zero attached hydrogens (tertiary/aromatic N) is 3. The number of carbonyl (C=O) groups excluding carboxylic acids is 1. The normalized spacial score (nSPS) is 11.9. The Morgan fingerprint density at radius 3 is 2.57 bits per heavy atom. The highest BCUT2D eigenvalue weighted by Gasteiger charge is 2.20. The van der Waals surface area contributed by atoms with Gasteiger partial charge in [-0.15, -0.1) is 10.2 Å². The number of hydrogen-bond acceptors (Lipinski definition) is 8. The molecule has 0 radical (unpaired) electrons. The first-order valence-electron chi connectivity index (χ1n) is 9.18. The topological polar surface area (TPSA) is 120 Å². The highest BCUT2D eigenvalue weighted by atomic mass is 16.6. The van der Waals surface area contributed by atoms with Crippen LogP contribution in [-0.2, 0) is 16.0 Å². The van der Waals surface area contributed by atoms with Gasteiger partial charge in [-0.1, -0.05) is 18.2 Å². The SMILES string of the molecule is COc1ccc(-c2nnc([C@H](C)OC(=O)Cc3n[nH]c(=O)c4ccccc34)o2)cc1. The summed E-state index contributed by atoms with van der Waals surface area (Å²) < 4.78 is 16.2. The van der Waals surface area contributed by atoms with Crippen molar-refractivity contribution in [1.29, 1.82) is 0 Å². The van der Waals surface area contributed by atoms with Crippen molar-refractivity contribution in [1.82, 2.24) is 20.4 Å². The molecule has 0 amide bonds. The van der Waals surface area contributed by atoms with Crippen molar-refractivity contribution in [3.63, 3.8) is 0 Å². The molecule has 4 rings (SSSR count). The summed E-state index contributed by atoms with van der Waals surface area (Å²) >= 11 is 0. The minimum atomic E-state index is -0.744. The van der Waals surface area contributed by atoms with Crippen molar-refractivity contribution >= 4 is 16.7 Å². The minimum absolute atomic E-state index is 0.110. The van der Waals surface area contributed by atoms with Crippen LogP contribution in [0.1, 0.15) is 24.6 Å². The lowest BCUT2D eigenvalue weighted by molar-refractivity contribution is -0.148. The van der Waals surface area contributed by atoms with Crippen LogP contribution in [0.2, 0.25) is 0 Å². The van der Waals surface area contributed by atoms with Crippen molar-refractivity contribution in [2.45, 2.75) is 19.4 Å². The molecule has 0 spiro atoms. The number of nitrogens with one attached hydrogen (secondary N) is 1. The van der Waals surface area contributed by atoms with Crippen LogP contribution < -0.4 is 10.3 Å². The molecule has 0 fully saturated rings. The monoisotopic (exact) mass is 406 g/mol. The fourth-order valence-corrected chi connectivity index (χ4v) is 2.98. The molecular formula is C21H18N4O5. The molecule has 0 aliphatic heterocycles. The third-order valence-corrected chi connectivity index (χ3v) is 4.52. The number of methoxy groups -OCH3 is 1. The number of carbonyl (C=O) groups is 1. The number of esters is 1. The molecule has 1 atom stereocenters. The van der Waals surface area contributed by atoms with Crippen LogP contribution in [0.3, 0.4) is 0 Å². The second kappa shape index (κ2) is 8.16. The number of rotatable bonds is 6. The molecule has 0 aliphatic rings. The van der Waals surface area contributed by atoms with Crippen LogP contribution in [0.25, 0.3) is 22.2 Å². The van der Waals surface area contributed by atoms with Crippen LogP contribution in [0.4, 0.5) is 0 Å². The summed E-state index contributed by atoms with van der Waals surface area (Å²) in [5.41, 5.74) is 0.830. The molecule has 152 valence electrons. The maximum Gasteiger partial charge on any atom is 0.312 e. The van der Waals surface area contributed by atoms with E-state index in [1.807, 2.05) is 0 Å². The van der Waals surface area contributed by atoms with E-state index in [0.717, 1.165) is 5.56 Å². The minimum Gasteiger partial charge on any atom is -0.497 e. The number of aromatic nitrogens is 4. The number of ether oxygens (including phenoxy) is 2. The van der Waals surface area contributed by atoms with Gasteiger partial charge in [0.15, 0.2) is 6.10 Å². The highest BCUT2D eigenvalue weighted by Crippen LogP contribution is 2.24.